The summed E-state index contributed by atoms with van der Waals surface area (Å²) in [4.78, 5) is 19.3. The van der Waals surface area contributed by atoms with Gasteiger partial charge in [0.1, 0.15) is 0 Å². The molecular weight excluding hydrogens is 562 g/mol. The van der Waals surface area contributed by atoms with Gasteiger partial charge in [0, 0.05) is 51.7 Å². The highest BCUT2D eigenvalue weighted by Gasteiger charge is 2.10. The van der Waals surface area contributed by atoms with E-state index < -0.39 is 0 Å². The molecule has 5 heteroatoms. The summed E-state index contributed by atoms with van der Waals surface area (Å²) in [5.41, 5.74) is 15.6. The van der Waals surface area contributed by atoms with E-state index in [9.17, 15) is 0 Å². The van der Waals surface area contributed by atoms with E-state index in [1.54, 1.807) is 12.4 Å². The minimum absolute atomic E-state index is 0.577. The first-order valence-electron chi connectivity index (χ1n) is 15.3. The first-order valence-corrected chi connectivity index (χ1v) is 15.3. The summed E-state index contributed by atoms with van der Waals surface area (Å²) in [7, 11) is 0. The lowest BCUT2D eigenvalue weighted by molar-refractivity contribution is 1.32. The minimum Gasteiger partial charge on any atom is -0.397 e. The number of benzene rings is 5. The molecule has 8 rings (SSSR count). The third-order valence-electron chi connectivity index (χ3n) is 8.36. The van der Waals surface area contributed by atoms with Crippen molar-refractivity contribution in [3.05, 3.63) is 157 Å². The molecule has 5 aromatic carbocycles. The molecule has 0 amide bonds. The van der Waals surface area contributed by atoms with Crippen molar-refractivity contribution >= 4 is 55.4 Å². The van der Waals surface area contributed by atoms with Gasteiger partial charge >= 0.3 is 0 Å². The van der Waals surface area contributed by atoms with Gasteiger partial charge in [0.05, 0.1) is 39.8 Å². The quantitative estimate of drug-likeness (QED) is 0.154. The van der Waals surface area contributed by atoms with E-state index in [0.29, 0.717) is 12.1 Å². The van der Waals surface area contributed by atoms with Gasteiger partial charge in [0.25, 0.3) is 0 Å². The van der Waals surface area contributed by atoms with Gasteiger partial charge in [0.2, 0.25) is 0 Å². The standard InChI is InChI=1S/C41H29N5/c42-36(35-24-33-9-3-4-11-37(33)44-25-35)26-43-21-20-27-6-5-10-32(22-27)38-18-16-29-13-14-30-17-19-39(46-41(30)40(29)45-38)34-15-12-28-7-1-2-8-31(28)23-34/h1-19,21-26H,20,42H2/b36-26-,43-21?. The molecule has 0 spiro atoms. The van der Waals surface area contributed by atoms with E-state index in [0.717, 1.165) is 66.4 Å². The molecule has 3 heterocycles. The number of fused-ring (bicyclic) bond motifs is 5. The smallest absolute Gasteiger partial charge is 0.0972 e. The molecule has 46 heavy (non-hydrogen) atoms. The molecule has 2 N–H and O–H groups in total. The Kier molecular flexibility index (Phi) is 6.97. The third kappa shape index (κ3) is 5.35. The normalized spacial score (nSPS) is 12.1. The van der Waals surface area contributed by atoms with Crippen molar-refractivity contribution in [1.82, 2.24) is 15.0 Å². The zero-order valence-corrected chi connectivity index (χ0v) is 25.0. The summed E-state index contributed by atoms with van der Waals surface area (Å²) in [6.07, 6.45) is 6.01. The van der Waals surface area contributed by atoms with E-state index in [-0.39, 0.29) is 0 Å². The molecule has 0 fully saturated rings. The van der Waals surface area contributed by atoms with Crippen molar-refractivity contribution < 1.29 is 0 Å². The number of hydrogen-bond donors (Lipinski definition) is 1. The van der Waals surface area contributed by atoms with Crippen LogP contribution in [0.2, 0.25) is 0 Å². The van der Waals surface area contributed by atoms with E-state index >= 15 is 0 Å². The molecule has 0 unspecified atom stereocenters. The lowest BCUT2D eigenvalue weighted by Gasteiger charge is -2.09. The lowest BCUT2D eigenvalue weighted by Crippen LogP contribution is -1.97. The van der Waals surface area contributed by atoms with Crippen LogP contribution < -0.4 is 5.73 Å². The maximum atomic E-state index is 6.31. The predicted molar refractivity (Wildman–Crippen MR) is 192 cm³/mol. The van der Waals surface area contributed by atoms with Gasteiger partial charge in [-0.25, -0.2) is 9.97 Å². The SMILES string of the molecule is N/C(=C\N=CCc1cccc(-c2ccc3ccc4ccc(-c5ccc6ccccc6c5)nc4c3n2)c1)c1cnc2ccccc2c1. The predicted octanol–water partition coefficient (Wildman–Crippen LogP) is 9.39. The van der Waals surface area contributed by atoms with Crippen LogP contribution in [0.4, 0.5) is 0 Å². The van der Waals surface area contributed by atoms with Crippen LogP contribution in [0.15, 0.2) is 151 Å². The Balaban J connectivity index is 1.07. The number of aromatic nitrogens is 3. The average Bonchev–Trinajstić information content (AvgIpc) is 3.12. The molecule has 8 aromatic rings. The third-order valence-corrected chi connectivity index (χ3v) is 8.36. The highest BCUT2D eigenvalue weighted by Crippen LogP contribution is 2.30. The fourth-order valence-corrected chi connectivity index (χ4v) is 5.89. The first-order chi connectivity index (χ1) is 22.7. The number of aliphatic imine (C=N–C) groups is 1. The average molecular weight is 592 g/mol. The summed E-state index contributed by atoms with van der Waals surface area (Å²) in [6, 6.07) is 46.0. The summed E-state index contributed by atoms with van der Waals surface area (Å²) in [5, 5.41) is 5.60. The number of pyridine rings is 3. The van der Waals surface area contributed by atoms with Crippen molar-refractivity contribution in [1.29, 1.82) is 0 Å². The van der Waals surface area contributed by atoms with E-state index in [1.807, 2.05) is 36.5 Å². The van der Waals surface area contributed by atoms with Gasteiger partial charge in [0.15, 0.2) is 0 Å². The van der Waals surface area contributed by atoms with Gasteiger partial charge < -0.3 is 5.73 Å². The summed E-state index contributed by atoms with van der Waals surface area (Å²) in [5.74, 6) is 0. The molecule has 0 radical (unpaired) electrons. The van der Waals surface area contributed by atoms with Gasteiger partial charge in [-0.15, -0.1) is 0 Å². The Morgan fingerprint density at radius 2 is 1.24 bits per heavy atom. The van der Waals surface area contributed by atoms with Gasteiger partial charge in [-0.05, 0) is 52.7 Å². The van der Waals surface area contributed by atoms with Crippen LogP contribution in [-0.4, -0.2) is 21.2 Å². The summed E-state index contributed by atoms with van der Waals surface area (Å²) in [6.45, 7) is 0. The van der Waals surface area contributed by atoms with Crippen LogP contribution in [0.3, 0.4) is 0 Å². The number of hydrogen-bond acceptors (Lipinski definition) is 5. The maximum absolute atomic E-state index is 6.31. The van der Waals surface area contributed by atoms with Crippen molar-refractivity contribution in [2.24, 2.45) is 10.7 Å². The van der Waals surface area contributed by atoms with Gasteiger partial charge in [-0.1, -0.05) is 97.1 Å². The fraction of sp³-hybridized carbons (Fsp3) is 0.0244. The molecule has 0 saturated carbocycles. The maximum Gasteiger partial charge on any atom is 0.0972 e. The zero-order chi connectivity index (χ0) is 30.9. The molecular formula is C41H29N5. The second kappa shape index (κ2) is 11.7. The molecule has 218 valence electrons. The fourth-order valence-electron chi connectivity index (χ4n) is 5.89. The number of nitrogens with two attached hydrogens (primary N) is 1. The van der Waals surface area contributed by atoms with Crippen LogP contribution in [-0.2, 0) is 6.42 Å². The van der Waals surface area contributed by atoms with Gasteiger partial charge in [-0.3, -0.25) is 9.98 Å². The zero-order valence-electron chi connectivity index (χ0n) is 25.0. The number of nitrogens with zero attached hydrogens (tertiary/aromatic N) is 4. The number of para-hydroxylation sites is 1. The molecule has 0 aliphatic carbocycles. The largest absolute Gasteiger partial charge is 0.397 e. The van der Waals surface area contributed by atoms with Crippen LogP contribution in [0.25, 0.3) is 71.7 Å². The summed E-state index contributed by atoms with van der Waals surface area (Å²) >= 11 is 0. The Morgan fingerprint density at radius 1 is 0.587 bits per heavy atom. The molecule has 3 aromatic heterocycles. The molecule has 0 aliphatic rings. The molecule has 0 aliphatic heterocycles. The molecule has 5 nitrogen and oxygen atoms in total. The highest BCUT2D eigenvalue weighted by molar-refractivity contribution is 6.04. The summed E-state index contributed by atoms with van der Waals surface area (Å²) < 4.78 is 0. The van der Waals surface area contributed by atoms with E-state index in [4.69, 9.17) is 15.7 Å². The van der Waals surface area contributed by atoms with Crippen LogP contribution in [0.1, 0.15) is 11.1 Å². The van der Waals surface area contributed by atoms with Crippen molar-refractivity contribution in [3.8, 4) is 22.5 Å². The lowest BCUT2D eigenvalue weighted by atomic mass is 10.0. The van der Waals surface area contributed by atoms with Crippen LogP contribution in [0, 0.1) is 0 Å². The van der Waals surface area contributed by atoms with Crippen molar-refractivity contribution in [3.63, 3.8) is 0 Å². The molecule has 0 atom stereocenters. The first kappa shape index (κ1) is 27.4. The molecule has 0 saturated heterocycles. The Morgan fingerprint density at radius 3 is 2.02 bits per heavy atom. The Bertz CT molecular complexity index is 2480. The monoisotopic (exact) mass is 591 g/mol. The Labute approximate surface area is 266 Å². The van der Waals surface area contributed by atoms with Crippen LogP contribution in [0.5, 0.6) is 0 Å². The highest BCUT2D eigenvalue weighted by atomic mass is 14.8. The Hall–Kier alpha value is -6.20. The molecule has 0 bridgehead atoms. The minimum atomic E-state index is 0.577. The van der Waals surface area contributed by atoms with E-state index in [1.165, 1.54) is 10.8 Å². The van der Waals surface area contributed by atoms with Crippen molar-refractivity contribution in [2.45, 2.75) is 6.42 Å². The second-order valence-corrected chi connectivity index (χ2v) is 11.4. The topological polar surface area (TPSA) is 77.0 Å². The van der Waals surface area contributed by atoms with Gasteiger partial charge in [-0.2, -0.15) is 0 Å². The van der Waals surface area contributed by atoms with Crippen LogP contribution >= 0.6 is 0 Å². The van der Waals surface area contributed by atoms with Crippen molar-refractivity contribution in [2.75, 3.05) is 0 Å². The van der Waals surface area contributed by atoms with E-state index in [2.05, 4.69) is 113 Å². The second-order valence-electron chi connectivity index (χ2n) is 11.4. The number of rotatable bonds is 6.